The number of nitrogens with one attached hydrogen (secondary N) is 1. The molecule has 7 heteroatoms. The first-order chi connectivity index (χ1) is 12.2. The SMILES string of the molecule is O=C(NCCC#Cc1cnc2ccc(Cl)nn12)OCc1ccccc1. The van der Waals surface area contributed by atoms with Crippen molar-refractivity contribution in [3.8, 4) is 11.8 Å². The minimum atomic E-state index is -0.464. The Morgan fingerprint density at radius 2 is 2.08 bits per heavy atom. The predicted molar refractivity (Wildman–Crippen MR) is 94.1 cm³/mol. The lowest BCUT2D eigenvalue weighted by Crippen LogP contribution is -2.24. The third kappa shape index (κ3) is 4.72. The molecule has 0 aliphatic rings. The molecule has 0 unspecified atom stereocenters. The van der Waals surface area contributed by atoms with Crippen LogP contribution in [0, 0.1) is 11.8 Å². The number of alkyl carbamates (subject to hydrolysis) is 1. The van der Waals surface area contributed by atoms with Crippen molar-refractivity contribution in [2.24, 2.45) is 0 Å². The second kappa shape index (κ2) is 8.18. The normalized spacial score (nSPS) is 10.1. The van der Waals surface area contributed by atoms with E-state index in [1.165, 1.54) is 0 Å². The molecule has 0 spiro atoms. The van der Waals surface area contributed by atoms with Crippen molar-refractivity contribution in [2.45, 2.75) is 13.0 Å². The number of halogens is 1. The van der Waals surface area contributed by atoms with E-state index < -0.39 is 6.09 Å². The van der Waals surface area contributed by atoms with Gasteiger partial charge >= 0.3 is 6.09 Å². The molecular weight excluding hydrogens is 340 g/mol. The van der Waals surface area contributed by atoms with Crippen LogP contribution in [-0.2, 0) is 11.3 Å². The maximum absolute atomic E-state index is 11.6. The Balaban J connectivity index is 1.44. The molecule has 1 N–H and O–H groups in total. The molecule has 1 amide bonds. The van der Waals surface area contributed by atoms with Gasteiger partial charge in [0.1, 0.15) is 17.5 Å². The molecule has 0 saturated carbocycles. The van der Waals surface area contributed by atoms with E-state index in [1.807, 2.05) is 30.3 Å². The van der Waals surface area contributed by atoms with E-state index in [4.69, 9.17) is 16.3 Å². The van der Waals surface area contributed by atoms with Crippen LogP contribution in [0.25, 0.3) is 5.65 Å². The highest BCUT2D eigenvalue weighted by molar-refractivity contribution is 6.29. The second-order valence-electron chi connectivity index (χ2n) is 5.11. The van der Waals surface area contributed by atoms with Crippen molar-refractivity contribution in [2.75, 3.05) is 6.54 Å². The lowest BCUT2D eigenvalue weighted by molar-refractivity contribution is 0.140. The third-order valence-electron chi connectivity index (χ3n) is 3.28. The van der Waals surface area contributed by atoms with Crippen molar-refractivity contribution < 1.29 is 9.53 Å². The fourth-order valence-electron chi connectivity index (χ4n) is 2.09. The molecule has 126 valence electrons. The number of rotatable bonds is 4. The first kappa shape index (κ1) is 16.8. The van der Waals surface area contributed by atoms with Crippen molar-refractivity contribution in [1.29, 1.82) is 0 Å². The van der Waals surface area contributed by atoms with Crippen LogP contribution in [0.1, 0.15) is 17.7 Å². The Hall–Kier alpha value is -3.04. The fraction of sp³-hybridized carbons (Fsp3) is 0.167. The van der Waals surface area contributed by atoms with E-state index in [-0.39, 0.29) is 6.61 Å². The number of hydrogen-bond acceptors (Lipinski definition) is 4. The number of fused-ring (bicyclic) bond motifs is 1. The monoisotopic (exact) mass is 354 g/mol. The molecule has 0 radical (unpaired) electrons. The number of imidazole rings is 1. The summed E-state index contributed by atoms with van der Waals surface area (Å²) in [6.07, 6.45) is 1.65. The molecule has 0 fully saturated rings. The van der Waals surface area contributed by atoms with Crippen LogP contribution in [0.5, 0.6) is 0 Å². The molecule has 3 rings (SSSR count). The first-order valence-corrected chi connectivity index (χ1v) is 8.04. The van der Waals surface area contributed by atoms with E-state index in [0.717, 1.165) is 5.56 Å². The third-order valence-corrected chi connectivity index (χ3v) is 3.48. The fourth-order valence-corrected chi connectivity index (χ4v) is 2.23. The first-order valence-electron chi connectivity index (χ1n) is 7.66. The predicted octanol–water partition coefficient (Wildman–Crippen LogP) is 3.05. The highest BCUT2D eigenvalue weighted by Crippen LogP contribution is 2.08. The number of carbonyl (C=O) groups excluding carboxylic acids is 1. The second-order valence-corrected chi connectivity index (χ2v) is 5.50. The minimum Gasteiger partial charge on any atom is -0.445 e. The molecule has 0 atom stereocenters. The smallest absolute Gasteiger partial charge is 0.407 e. The zero-order chi connectivity index (χ0) is 17.5. The van der Waals surface area contributed by atoms with E-state index in [0.29, 0.717) is 29.5 Å². The summed E-state index contributed by atoms with van der Waals surface area (Å²) < 4.78 is 6.69. The van der Waals surface area contributed by atoms with Crippen molar-refractivity contribution in [3.05, 3.63) is 65.1 Å². The van der Waals surface area contributed by atoms with Gasteiger partial charge in [-0.15, -0.1) is 0 Å². The largest absolute Gasteiger partial charge is 0.445 e. The van der Waals surface area contributed by atoms with Crippen LogP contribution in [0.15, 0.2) is 48.7 Å². The minimum absolute atomic E-state index is 0.243. The number of aromatic nitrogens is 3. The molecule has 0 bridgehead atoms. The summed E-state index contributed by atoms with van der Waals surface area (Å²) in [5.41, 5.74) is 2.26. The van der Waals surface area contributed by atoms with Gasteiger partial charge in [-0.1, -0.05) is 47.9 Å². The van der Waals surface area contributed by atoms with E-state index in [1.54, 1.807) is 22.8 Å². The van der Waals surface area contributed by atoms with Crippen LogP contribution in [0.3, 0.4) is 0 Å². The summed E-state index contributed by atoms with van der Waals surface area (Å²) in [5, 5.41) is 7.17. The van der Waals surface area contributed by atoms with Crippen molar-refractivity contribution in [3.63, 3.8) is 0 Å². The molecule has 0 saturated heterocycles. The molecule has 3 aromatic rings. The number of nitrogens with zero attached hydrogens (tertiary/aromatic N) is 3. The summed E-state index contributed by atoms with van der Waals surface area (Å²) in [6.45, 7) is 0.637. The molecule has 2 aromatic heterocycles. The quantitative estimate of drug-likeness (QED) is 0.577. The van der Waals surface area contributed by atoms with Gasteiger partial charge in [-0.05, 0) is 23.6 Å². The molecule has 1 aromatic carbocycles. The van der Waals surface area contributed by atoms with Gasteiger partial charge in [0.2, 0.25) is 0 Å². The van der Waals surface area contributed by atoms with E-state index in [9.17, 15) is 4.79 Å². The zero-order valence-corrected chi connectivity index (χ0v) is 14.0. The number of benzene rings is 1. The molecule has 0 aliphatic carbocycles. The highest BCUT2D eigenvalue weighted by Gasteiger charge is 2.03. The van der Waals surface area contributed by atoms with Crippen molar-refractivity contribution >= 4 is 23.3 Å². The van der Waals surface area contributed by atoms with E-state index >= 15 is 0 Å². The number of hydrogen-bond donors (Lipinski definition) is 1. The van der Waals surface area contributed by atoms with Crippen LogP contribution < -0.4 is 5.32 Å². The molecule has 25 heavy (non-hydrogen) atoms. The van der Waals surface area contributed by atoms with Gasteiger partial charge in [-0.3, -0.25) is 0 Å². The Labute approximate surface area is 149 Å². The van der Waals surface area contributed by atoms with Gasteiger partial charge in [-0.2, -0.15) is 5.10 Å². The summed E-state index contributed by atoms with van der Waals surface area (Å²) >= 11 is 5.87. The molecule has 2 heterocycles. The van der Waals surface area contributed by atoms with Gasteiger partial charge in [0.15, 0.2) is 5.65 Å². The zero-order valence-electron chi connectivity index (χ0n) is 13.3. The summed E-state index contributed by atoms with van der Waals surface area (Å²) in [7, 11) is 0. The van der Waals surface area contributed by atoms with Gasteiger partial charge in [0.05, 0.1) is 6.20 Å². The Kier molecular flexibility index (Phi) is 5.50. The van der Waals surface area contributed by atoms with Gasteiger partial charge in [-0.25, -0.2) is 14.3 Å². The van der Waals surface area contributed by atoms with E-state index in [2.05, 4.69) is 27.2 Å². The Morgan fingerprint density at radius 3 is 2.92 bits per heavy atom. The summed E-state index contributed by atoms with van der Waals surface area (Å²) in [6, 6.07) is 12.9. The van der Waals surface area contributed by atoms with Crippen LogP contribution >= 0.6 is 11.6 Å². The lowest BCUT2D eigenvalue weighted by atomic mass is 10.2. The average molecular weight is 355 g/mol. The number of amides is 1. The number of carbonyl (C=O) groups is 1. The van der Waals surface area contributed by atoms with Crippen LogP contribution in [-0.4, -0.2) is 27.2 Å². The molecule has 0 aliphatic heterocycles. The summed E-state index contributed by atoms with van der Waals surface area (Å²) in [4.78, 5) is 15.8. The summed E-state index contributed by atoms with van der Waals surface area (Å²) in [5.74, 6) is 5.93. The maximum atomic E-state index is 11.6. The maximum Gasteiger partial charge on any atom is 0.407 e. The van der Waals surface area contributed by atoms with Gasteiger partial charge in [0, 0.05) is 13.0 Å². The van der Waals surface area contributed by atoms with Crippen LogP contribution in [0.4, 0.5) is 4.79 Å². The number of ether oxygens (including phenoxy) is 1. The lowest BCUT2D eigenvalue weighted by Gasteiger charge is -2.05. The molecular formula is C18H15ClN4O2. The Morgan fingerprint density at radius 1 is 1.24 bits per heavy atom. The average Bonchev–Trinajstić information content (AvgIpc) is 3.03. The van der Waals surface area contributed by atoms with Gasteiger partial charge in [0.25, 0.3) is 0 Å². The molecule has 6 nitrogen and oxygen atoms in total. The van der Waals surface area contributed by atoms with Crippen molar-refractivity contribution in [1.82, 2.24) is 19.9 Å². The highest BCUT2D eigenvalue weighted by atomic mass is 35.5. The van der Waals surface area contributed by atoms with Crippen LogP contribution in [0.2, 0.25) is 5.15 Å². The van der Waals surface area contributed by atoms with Gasteiger partial charge < -0.3 is 10.1 Å². The topological polar surface area (TPSA) is 68.5 Å². The Bertz CT molecular complexity index is 928. The standard InChI is InChI=1S/C18H15ClN4O2/c19-16-9-10-17-21-12-15(23(17)22-16)8-4-5-11-20-18(24)25-13-14-6-2-1-3-7-14/h1-3,6-7,9-10,12H,5,11,13H2,(H,20,24).